The van der Waals surface area contributed by atoms with E-state index < -0.39 is 18.2 Å². The second-order valence-corrected chi connectivity index (χ2v) is 3.27. The maximum absolute atomic E-state index is 12.0. The molecule has 0 heterocycles. The molecular weight excluding hydrogens is 253 g/mol. The summed E-state index contributed by atoms with van der Waals surface area (Å²) in [4.78, 5) is 10.9. The molecule has 1 N–H and O–H groups in total. The number of aliphatic hydroxyl groups is 1. The van der Waals surface area contributed by atoms with E-state index in [1.54, 1.807) is 6.92 Å². The average Bonchev–Trinajstić information content (AvgIpc) is 2.30. The number of carbonyl (C=O) groups is 1. The summed E-state index contributed by atoms with van der Waals surface area (Å²) in [6.07, 6.45) is -8.19. The molecule has 1 rings (SSSR count). The fraction of sp³-hybridized carbons (Fsp3) is 0.364. The van der Waals surface area contributed by atoms with E-state index >= 15 is 0 Å². The van der Waals surface area contributed by atoms with Crippen molar-refractivity contribution in [2.45, 2.75) is 19.2 Å². The monoisotopic (exact) mass is 264 g/mol. The number of aliphatic hydroxyl groups excluding tert-OH is 1. The zero-order chi connectivity index (χ0) is 13.8. The lowest BCUT2D eigenvalue weighted by Gasteiger charge is -2.13. The Hall–Kier alpha value is -1.76. The lowest BCUT2D eigenvalue weighted by Crippen LogP contribution is -2.39. The van der Waals surface area contributed by atoms with E-state index in [1.165, 1.54) is 24.3 Å². The fourth-order valence-corrected chi connectivity index (χ4v) is 1.08. The minimum absolute atomic E-state index is 0.105. The molecule has 1 aromatic carbocycles. The second kappa shape index (κ2) is 5.72. The summed E-state index contributed by atoms with van der Waals surface area (Å²) in [5, 5.41) is 8.63. The van der Waals surface area contributed by atoms with Gasteiger partial charge in [0.1, 0.15) is 11.5 Å². The molecular formula is C11H11F3O4. The summed E-state index contributed by atoms with van der Waals surface area (Å²) in [5.41, 5.74) is 0. The molecule has 1 aromatic rings. The summed E-state index contributed by atoms with van der Waals surface area (Å²) in [6.45, 7) is 2.21. The predicted molar refractivity (Wildman–Crippen MR) is 55.3 cm³/mol. The van der Waals surface area contributed by atoms with Gasteiger partial charge in [0.2, 0.25) is 6.10 Å². The van der Waals surface area contributed by atoms with E-state index in [2.05, 4.69) is 4.74 Å². The normalized spacial score (nSPS) is 12.9. The maximum Gasteiger partial charge on any atom is 0.425 e. The first-order valence-electron chi connectivity index (χ1n) is 5.04. The number of rotatable bonds is 4. The van der Waals surface area contributed by atoms with Gasteiger partial charge in [0.15, 0.2) is 0 Å². The topological polar surface area (TPSA) is 55.8 Å². The smallest absolute Gasteiger partial charge is 0.425 e. The number of carbonyl (C=O) groups excluding carboxylic acids is 1. The van der Waals surface area contributed by atoms with Gasteiger partial charge in [-0.25, -0.2) is 4.79 Å². The van der Waals surface area contributed by atoms with Crippen LogP contribution < -0.4 is 9.47 Å². The highest BCUT2D eigenvalue weighted by Gasteiger charge is 2.45. The van der Waals surface area contributed by atoms with Crippen molar-refractivity contribution in [2.75, 3.05) is 6.61 Å². The number of esters is 1. The van der Waals surface area contributed by atoms with Gasteiger partial charge in [-0.15, -0.1) is 0 Å². The first-order chi connectivity index (χ1) is 8.34. The Labute approximate surface area is 101 Å². The van der Waals surface area contributed by atoms with Crippen molar-refractivity contribution in [1.82, 2.24) is 0 Å². The first-order valence-corrected chi connectivity index (χ1v) is 5.04. The quantitative estimate of drug-likeness (QED) is 0.666. The summed E-state index contributed by atoms with van der Waals surface area (Å²) < 4.78 is 45.5. The molecule has 7 heteroatoms. The van der Waals surface area contributed by atoms with Crippen LogP contribution in [0.1, 0.15) is 6.92 Å². The molecule has 100 valence electrons. The van der Waals surface area contributed by atoms with Crippen molar-refractivity contribution >= 4 is 5.97 Å². The van der Waals surface area contributed by atoms with Gasteiger partial charge in [-0.1, -0.05) is 0 Å². The number of halogens is 3. The molecule has 0 aliphatic rings. The number of alkyl halides is 3. The predicted octanol–water partition coefficient (Wildman–Crippen LogP) is 1.91. The number of benzene rings is 1. The van der Waals surface area contributed by atoms with E-state index in [0.29, 0.717) is 12.4 Å². The zero-order valence-electron chi connectivity index (χ0n) is 9.40. The highest BCUT2D eigenvalue weighted by Crippen LogP contribution is 2.23. The van der Waals surface area contributed by atoms with Crippen molar-refractivity contribution in [3.63, 3.8) is 0 Å². The second-order valence-electron chi connectivity index (χ2n) is 3.27. The molecule has 0 aliphatic carbocycles. The molecule has 0 saturated carbocycles. The van der Waals surface area contributed by atoms with Gasteiger partial charge in [-0.05, 0) is 31.2 Å². The molecule has 0 bridgehead atoms. The van der Waals surface area contributed by atoms with E-state index in [1.807, 2.05) is 0 Å². The summed E-state index contributed by atoms with van der Waals surface area (Å²) in [6, 6.07) is 5.41. The zero-order valence-corrected chi connectivity index (χ0v) is 9.40. The third-order valence-corrected chi connectivity index (χ3v) is 1.89. The number of ether oxygens (including phenoxy) is 2. The number of hydrogen-bond acceptors (Lipinski definition) is 4. The highest BCUT2D eigenvalue weighted by atomic mass is 19.4. The van der Waals surface area contributed by atoms with Gasteiger partial charge in [-0.3, -0.25) is 0 Å². The molecule has 0 spiro atoms. The molecule has 0 radical (unpaired) electrons. The van der Waals surface area contributed by atoms with Crippen LogP contribution in [0.5, 0.6) is 11.5 Å². The van der Waals surface area contributed by atoms with Crippen LogP contribution in [0, 0.1) is 0 Å². The molecule has 0 saturated heterocycles. The Bertz CT molecular complexity index is 400. The molecule has 1 unspecified atom stereocenters. The van der Waals surface area contributed by atoms with Gasteiger partial charge >= 0.3 is 12.1 Å². The minimum Gasteiger partial charge on any atom is -0.494 e. The van der Waals surface area contributed by atoms with Crippen molar-refractivity contribution in [2.24, 2.45) is 0 Å². The number of hydrogen-bond donors (Lipinski definition) is 1. The van der Waals surface area contributed by atoms with Crippen LogP contribution >= 0.6 is 0 Å². The van der Waals surface area contributed by atoms with Crippen LogP contribution in [0.15, 0.2) is 24.3 Å². The van der Waals surface area contributed by atoms with E-state index in [9.17, 15) is 18.0 Å². The van der Waals surface area contributed by atoms with Gasteiger partial charge in [0.25, 0.3) is 0 Å². The third-order valence-electron chi connectivity index (χ3n) is 1.89. The Kier molecular flexibility index (Phi) is 4.55. The molecule has 1 atom stereocenters. The SMILES string of the molecule is CCOc1ccc(OC(=O)C(O)C(F)(F)F)cc1. The minimum atomic E-state index is -5.04. The summed E-state index contributed by atoms with van der Waals surface area (Å²) >= 11 is 0. The van der Waals surface area contributed by atoms with Gasteiger partial charge in [0, 0.05) is 0 Å². The van der Waals surface area contributed by atoms with E-state index in [0.717, 1.165) is 0 Å². The van der Waals surface area contributed by atoms with E-state index in [-0.39, 0.29) is 5.75 Å². The molecule has 0 aliphatic heterocycles. The van der Waals surface area contributed by atoms with Crippen LogP contribution in [-0.4, -0.2) is 30.0 Å². The van der Waals surface area contributed by atoms with Gasteiger partial charge < -0.3 is 14.6 Å². The van der Waals surface area contributed by atoms with Crippen molar-refractivity contribution in [1.29, 1.82) is 0 Å². The lowest BCUT2D eigenvalue weighted by atomic mass is 10.3. The van der Waals surface area contributed by atoms with Crippen LogP contribution in [-0.2, 0) is 4.79 Å². The maximum atomic E-state index is 12.0. The average molecular weight is 264 g/mol. The van der Waals surface area contributed by atoms with Crippen LogP contribution in [0.25, 0.3) is 0 Å². The lowest BCUT2D eigenvalue weighted by molar-refractivity contribution is -0.212. The molecule has 4 nitrogen and oxygen atoms in total. The Balaban J connectivity index is 2.65. The molecule has 0 aromatic heterocycles. The van der Waals surface area contributed by atoms with Gasteiger partial charge in [-0.2, -0.15) is 13.2 Å². The van der Waals surface area contributed by atoms with Crippen molar-refractivity contribution < 1.29 is 32.5 Å². The third kappa shape index (κ3) is 3.92. The van der Waals surface area contributed by atoms with E-state index in [4.69, 9.17) is 9.84 Å². The molecule has 18 heavy (non-hydrogen) atoms. The Morgan fingerprint density at radius 2 is 1.78 bits per heavy atom. The fourth-order valence-electron chi connectivity index (χ4n) is 1.08. The van der Waals surface area contributed by atoms with Crippen LogP contribution in [0.3, 0.4) is 0 Å². The molecule has 0 amide bonds. The van der Waals surface area contributed by atoms with Gasteiger partial charge in [0.05, 0.1) is 6.61 Å². The summed E-state index contributed by atoms with van der Waals surface area (Å²) in [7, 11) is 0. The van der Waals surface area contributed by atoms with Crippen molar-refractivity contribution in [3.8, 4) is 11.5 Å². The standard InChI is InChI=1S/C11H11F3O4/c1-2-17-7-3-5-8(6-4-7)18-10(16)9(15)11(12,13)14/h3-6,9,15H,2H2,1H3. The molecule has 0 fully saturated rings. The largest absolute Gasteiger partial charge is 0.494 e. The van der Waals surface area contributed by atoms with Crippen LogP contribution in [0.2, 0.25) is 0 Å². The van der Waals surface area contributed by atoms with Crippen molar-refractivity contribution in [3.05, 3.63) is 24.3 Å². The summed E-state index contributed by atoms with van der Waals surface area (Å²) in [5.74, 6) is -1.38. The first kappa shape index (κ1) is 14.3. The Morgan fingerprint density at radius 3 is 2.22 bits per heavy atom. The highest BCUT2D eigenvalue weighted by molar-refractivity contribution is 5.77. The Morgan fingerprint density at radius 1 is 1.28 bits per heavy atom. The van der Waals surface area contributed by atoms with Crippen LogP contribution in [0.4, 0.5) is 13.2 Å².